The van der Waals surface area contributed by atoms with Crippen molar-refractivity contribution in [3.63, 3.8) is 0 Å². The van der Waals surface area contributed by atoms with Crippen LogP contribution < -0.4 is 35.0 Å². The summed E-state index contributed by atoms with van der Waals surface area (Å²) in [4.78, 5) is 1.28. The van der Waals surface area contributed by atoms with Crippen LogP contribution in [0.4, 0.5) is 0 Å². The van der Waals surface area contributed by atoms with E-state index < -0.39 is 0 Å². The molecule has 0 unspecified atom stereocenters. The number of halogens is 2. The summed E-state index contributed by atoms with van der Waals surface area (Å²) in [7, 11) is 0. The summed E-state index contributed by atoms with van der Waals surface area (Å²) in [5.41, 5.74) is 3.14. The van der Waals surface area contributed by atoms with Crippen LogP contribution in [0.3, 0.4) is 0 Å². The molecule has 6 heteroatoms. The molecule has 1 radical (unpaired) electrons. The second-order valence-electron chi connectivity index (χ2n) is 12.8. The van der Waals surface area contributed by atoms with Gasteiger partial charge in [0.25, 0.3) is 0 Å². The summed E-state index contributed by atoms with van der Waals surface area (Å²) in [5, 5.41) is 26.9. The van der Waals surface area contributed by atoms with E-state index in [1.165, 1.54) is 11.8 Å². The number of hydrogen-bond donors (Lipinski definition) is 0. The molecular formula is C28H42Cl2O2SV. The van der Waals surface area contributed by atoms with E-state index in [2.05, 4.69) is 95.2 Å². The van der Waals surface area contributed by atoms with Crippen LogP contribution in [-0.4, -0.2) is 0 Å². The van der Waals surface area contributed by atoms with Crippen molar-refractivity contribution in [3.05, 3.63) is 46.5 Å². The van der Waals surface area contributed by atoms with Crippen LogP contribution in [0, 0.1) is 0 Å². The van der Waals surface area contributed by atoms with Gasteiger partial charge in [0.05, 0.1) is 0 Å². The first-order valence-electron chi connectivity index (χ1n) is 11.1. The van der Waals surface area contributed by atoms with Crippen LogP contribution in [-0.2, 0) is 40.2 Å². The maximum absolute atomic E-state index is 13.5. The van der Waals surface area contributed by atoms with E-state index in [1.807, 2.05) is 12.1 Å². The van der Waals surface area contributed by atoms with Crippen LogP contribution in [0.25, 0.3) is 0 Å². The Bertz CT molecular complexity index is 903. The molecule has 0 aromatic heterocycles. The van der Waals surface area contributed by atoms with Crippen LogP contribution in [0.2, 0.25) is 0 Å². The van der Waals surface area contributed by atoms with Gasteiger partial charge in [-0.05, 0) is 56.0 Å². The summed E-state index contributed by atoms with van der Waals surface area (Å²) in [6.07, 6.45) is 0. The van der Waals surface area contributed by atoms with Gasteiger partial charge in [0, 0.05) is 11.2 Å². The van der Waals surface area contributed by atoms with E-state index in [9.17, 15) is 10.2 Å². The monoisotopic (exact) mass is 563 g/mol. The standard InChI is InChI=1S/C28H42O2S.2ClH.V.H2/c1-25(2,3)17-13-19(27(7,8)9)23(29)21(15-17)31-22-16-18(26(4,5)6)14-20(24(22)30)28(10,11)12;;;;/h13-16,29-30H,1-12H3;2*1H;;1H/q;;;+4;/p-4. The van der Waals surface area contributed by atoms with Crippen LogP contribution in [0.15, 0.2) is 34.1 Å². The summed E-state index contributed by atoms with van der Waals surface area (Å²) in [6, 6.07) is 8.08. The molecule has 0 N–H and O–H groups in total. The minimum atomic E-state index is -0.266. The van der Waals surface area contributed by atoms with Gasteiger partial charge in [-0.3, -0.25) is 0 Å². The molecule has 0 fully saturated rings. The topological polar surface area (TPSA) is 46.1 Å². The molecule has 2 aromatic rings. The van der Waals surface area contributed by atoms with Gasteiger partial charge in [-0.1, -0.05) is 118 Å². The zero-order valence-corrected chi connectivity index (χ0v) is 26.5. The molecule has 0 amide bonds. The Balaban J connectivity index is -0.00000256. The summed E-state index contributed by atoms with van der Waals surface area (Å²) < 4.78 is 0. The quantitative estimate of drug-likeness (QED) is 0.555. The summed E-state index contributed by atoms with van der Waals surface area (Å²) in [5.74, 6) is 0.0618. The van der Waals surface area contributed by atoms with E-state index in [0.29, 0.717) is 9.79 Å². The van der Waals surface area contributed by atoms with Gasteiger partial charge in [0.2, 0.25) is 0 Å². The van der Waals surface area contributed by atoms with E-state index >= 15 is 0 Å². The molecule has 0 spiro atoms. The third-order valence-electron chi connectivity index (χ3n) is 5.68. The number of benzene rings is 2. The maximum atomic E-state index is 13.5. The largest absolute Gasteiger partial charge is 4.00 e. The zero-order valence-electron chi connectivity index (χ0n) is 22.7. The summed E-state index contributed by atoms with van der Waals surface area (Å²) >= 11 is 1.34. The van der Waals surface area contributed by atoms with E-state index in [-0.39, 0.29) is 78.0 Å². The van der Waals surface area contributed by atoms with E-state index in [1.54, 1.807) is 0 Å². The Morgan fingerprint density at radius 3 is 1.00 bits per heavy atom. The van der Waals surface area contributed by atoms with Crippen molar-refractivity contribution in [2.24, 2.45) is 0 Å². The smallest absolute Gasteiger partial charge is 1.00 e. The molecule has 191 valence electrons. The molecule has 2 aromatic carbocycles. The maximum Gasteiger partial charge on any atom is 4.00 e. The molecule has 2 nitrogen and oxygen atoms in total. The van der Waals surface area contributed by atoms with Crippen molar-refractivity contribution in [1.29, 1.82) is 0 Å². The van der Waals surface area contributed by atoms with Crippen molar-refractivity contribution in [1.82, 2.24) is 0 Å². The number of hydrogen-bond acceptors (Lipinski definition) is 3. The second kappa shape index (κ2) is 11.7. The molecule has 0 heterocycles. The van der Waals surface area contributed by atoms with Crippen LogP contribution >= 0.6 is 11.8 Å². The van der Waals surface area contributed by atoms with Gasteiger partial charge in [0.15, 0.2) is 0 Å². The zero-order chi connectivity index (χ0) is 24.2. The fourth-order valence-electron chi connectivity index (χ4n) is 3.45. The van der Waals surface area contributed by atoms with Gasteiger partial charge >= 0.3 is 18.6 Å². The average molecular weight is 565 g/mol. The molecule has 0 saturated heterocycles. The van der Waals surface area contributed by atoms with Crippen LogP contribution in [0.5, 0.6) is 11.5 Å². The first-order chi connectivity index (χ1) is 13.7. The van der Waals surface area contributed by atoms with E-state index in [0.717, 1.165) is 22.3 Å². The van der Waals surface area contributed by atoms with Crippen molar-refractivity contribution >= 4 is 11.8 Å². The van der Waals surface area contributed by atoms with Crippen molar-refractivity contribution in [2.45, 2.75) is 115 Å². The van der Waals surface area contributed by atoms with Gasteiger partial charge in [-0.2, -0.15) is 0 Å². The molecule has 0 aliphatic rings. The molecule has 2 rings (SSSR count). The summed E-state index contributed by atoms with van der Waals surface area (Å²) in [6.45, 7) is 25.4. The minimum absolute atomic E-state index is 0. The van der Waals surface area contributed by atoms with Crippen molar-refractivity contribution < 1.29 is 55.0 Å². The molecule has 0 aliphatic heterocycles. The van der Waals surface area contributed by atoms with Crippen molar-refractivity contribution in [2.75, 3.05) is 0 Å². The Morgan fingerprint density at radius 2 is 0.794 bits per heavy atom. The third kappa shape index (κ3) is 8.31. The first-order valence-corrected chi connectivity index (χ1v) is 11.9. The molecule has 0 atom stereocenters. The van der Waals surface area contributed by atoms with Gasteiger partial charge in [-0.15, -0.1) is 0 Å². The van der Waals surface area contributed by atoms with E-state index in [4.69, 9.17) is 0 Å². The van der Waals surface area contributed by atoms with Crippen LogP contribution in [0.1, 0.15) is 107 Å². The molecule has 34 heavy (non-hydrogen) atoms. The first kappa shape index (κ1) is 35.7. The molecule has 0 aliphatic carbocycles. The molecular weight excluding hydrogens is 522 g/mol. The molecule has 0 saturated carbocycles. The molecule has 0 bridgehead atoms. The van der Waals surface area contributed by atoms with Gasteiger partial charge in [-0.25, -0.2) is 0 Å². The minimum Gasteiger partial charge on any atom is -1.00 e. The Kier molecular flexibility index (Phi) is 12.3. The van der Waals surface area contributed by atoms with Gasteiger partial charge in [0.1, 0.15) is 0 Å². The second-order valence-corrected chi connectivity index (χ2v) is 13.9. The normalized spacial score (nSPS) is 12.4. The predicted molar refractivity (Wildman–Crippen MR) is 133 cm³/mol. The predicted octanol–water partition coefficient (Wildman–Crippen LogP) is 1.43. The fourth-order valence-corrected chi connectivity index (χ4v) is 4.47. The Hall–Kier alpha value is -0.446. The van der Waals surface area contributed by atoms with Crippen molar-refractivity contribution in [3.8, 4) is 11.5 Å². The fraction of sp³-hybridized carbons (Fsp3) is 0.571. The van der Waals surface area contributed by atoms with Gasteiger partial charge < -0.3 is 35.0 Å². The SMILES string of the molecule is CC(C)(C)c1cc(Sc2cc(C(C)(C)C)cc(C(C)(C)C)c2[O-])c([O-])c(C(C)(C)C)c1.[Cl-].[Cl-].[HH].[V+4]. The number of rotatable bonds is 2. The Morgan fingerprint density at radius 1 is 0.529 bits per heavy atom. The average Bonchev–Trinajstić information content (AvgIpc) is 2.53. The Labute approximate surface area is 238 Å². The third-order valence-corrected chi connectivity index (χ3v) is 6.72.